The number of rotatable bonds is 4. The number of hydrogen-bond donors (Lipinski definition) is 1. The van der Waals surface area contributed by atoms with Crippen LogP contribution in [-0.2, 0) is 6.18 Å². The maximum Gasteiger partial charge on any atom is 0.416 e. The lowest BCUT2D eigenvalue weighted by atomic mass is 9.99. The number of allylic oxidation sites excluding steroid dienone is 1. The Bertz CT molecular complexity index is 819. The molecule has 0 aromatic heterocycles. The van der Waals surface area contributed by atoms with E-state index in [0.29, 0.717) is 16.7 Å². The van der Waals surface area contributed by atoms with Crippen LogP contribution in [-0.4, -0.2) is 18.0 Å². The smallest absolute Gasteiger partial charge is 0.416 e. The first-order chi connectivity index (χ1) is 11.6. The largest absolute Gasteiger partial charge is 0.507 e. The van der Waals surface area contributed by atoms with Crippen molar-refractivity contribution in [3.63, 3.8) is 0 Å². The molecule has 0 spiro atoms. The molecule has 132 valence electrons. The first kappa shape index (κ1) is 18.6. The minimum absolute atomic E-state index is 0.0307. The van der Waals surface area contributed by atoms with Gasteiger partial charge in [-0.1, -0.05) is 18.2 Å². The quantitative estimate of drug-likeness (QED) is 0.628. The first-order valence-electron chi connectivity index (χ1n) is 7.42. The van der Waals surface area contributed by atoms with E-state index in [1.807, 2.05) is 0 Å². The van der Waals surface area contributed by atoms with Gasteiger partial charge in [-0.2, -0.15) is 13.2 Å². The Morgan fingerprint density at radius 1 is 1.12 bits per heavy atom. The third kappa shape index (κ3) is 4.02. The molecule has 0 aliphatic carbocycles. The van der Waals surface area contributed by atoms with Crippen LogP contribution in [0.1, 0.15) is 32.6 Å². The summed E-state index contributed by atoms with van der Waals surface area (Å²) in [6, 6.07) is 6.12. The molecule has 1 N–H and O–H groups in total. The number of aryl methyl sites for hydroxylation is 2. The van der Waals surface area contributed by atoms with Crippen molar-refractivity contribution in [2.24, 2.45) is 0 Å². The number of methoxy groups -OCH3 is 1. The zero-order valence-electron chi connectivity index (χ0n) is 13.9. The Balaban J connectivity index is 2.33. The molecule has 0 aliphatic rings. The summed E-state index contributed by atoms with van der Waals surface area (Å²) in [7, 11) is 1.40. The number of phenols is 1. The Morgan fingerprint density at radius 3 is 2.24 bits per heavy atom. The fourth-order valence-corrected chi connectivity index (χ4v) is 2.49. The van der Waals surface area contributed by atoms with Crippen molar-refractivity contribution in [1.29, 1.82) is 0 Å². The number of ketones is 1. The van der Waals surface area contributed by atoms with Gasteiger partial charge in [-0.15, -0.1) is 0 Å². The van der Waals surface area contributed by atoms with Gasteiger partial charge in [0.1, 0.15) is 17.1 Å². The Labute approximate surface area is 143 Å². The summed E-state index contributed by atoms with van der Waals surface area (Å²) in [5.41, 5.74) is 0.936. The van der Waals surface area contributed by atoms with Crippen molar-refractivity contribution in [2.75, 3.05) is 7.11 Å². The minimum Gasteiger partial charge on any atom is -0.507 e. The fraction of sp³-hybridized carbons (Fsp3) is 0.211. The second-order valence-electron chi connectivity index (χ2n) is 5.58. The van der Waals surface area contributed by atoms with E-state index >= 15 is 0 Å². The molecule has 0 aliphatic heterocycles. The van der Waals surface area contributed by atoms with Gasteiger partial charge in [-0.25, -0.2) is 0 Å². The second-order valence-corrected chi connectivity index (χ2v) is 5.58. The molecule has 0 fully saturated rings. The number of carbonyl (C=O) groups is 1. The van der Waals surface area contributed by atoms with E-state index in [-0.39, 0.29) is 17.1 Å². The highest BCUT2D eigenvalue weighted by atomic mass is 19.4. The molecule has 0 atom stereocenters. The van der Waals surface area contributed by atoms with Crippen LogP contribution in [0.3, 0.4) is 0 Å². The van der Waals surface area contributed by atoms with Crippen LogP contribution in [0, 0.1) is 13.8 Å². The van der Waals surface area contributed by atoms with Gasteiger partial charge in [0.05, 0.1) is 12.7 Å². The predicted octanol–water partition coefficient (Wildman–Crippen LogP) is 4.93. The molecule has 2 rings (SSSR count). The summed E-state index contributed by atoms with van der Waals surface area (Å²) in [6.07, 6.45) is -1.83. The number of hydrogen-bond acceptors (Lipinski definition) is 3. The predicted molar refractivity (Wildman–Crippen MR) is 88.9 cm³/mol. The monoisotopic (exact) mass is 350 g/mol. The van der Waals surface area contributed by atoms with Crippen molar-refractivity contribution < 1.29 is 27.8 Å². The maximum absolute atomic E-state index is 12.5. The molecular formula is C19H17F3O3. The van der Waals surface area contributed by atoms with E-state index in [9.17, 15) is 23.1 Å². The third-order valence-electron chi connectivity index (χ3n) is 3.74. The number of aromatic hydroxyl groups is 1. The van der Waals surface area contributed by atoms with Crippen LogP contribution in [0.15, 0.2) is 36.4 Å². The van der Waals surface area contributed by atoms with E-state index in [1.54, 1.807) is 19.9 Å². The van der Waals surface area contributed by atoms with E-state index in [2.05, 4.69) is 0 Å². The van der Waals surface area contributed by atoms with E-state index < -0.39 is 17.5 Å². The number of alkyl halides is 3. The zero-order valence-corrected chi connectivity index (χ0v) is 13.9. The van der Waals surface area contributed by atoms with Gasteiger partial charge in [0.15, 0.2) is 5.78 Å². The Kier molecular flexibility index (Phi) is 5.21. The van der Waals surface area contributed by atoms with Crippen molar-refractivity contribution in [1.82, 2.24) is 0 Å². The summed E-state index contributed by atoms with van der Waals surface area (Å²) >= 11 is 0. The molecule has 3 nitrogen and oxygen atoms in total. The highest BCUT2D eigenvalue weighted by Gasteiger charge is 2.29. The third-order valence-corrected chi connectivity index (χ3v) is 3.74. The minimum atomic E-state index is -4.41. The molecule has 2 aromatic carbocycles. The summed E-state index contributed by atoms with van der Waals surface area (Å²) in [6.45, 7) is 3.42. The van der Waals surface area contributed by atoms with E-state index in [1.165, 1.54) is 31.4 Å². The first-order valence-corrected chi connectivity index (χ1v) is 7.42. The molecular weight excluding hydrogens is 333 g/mol. The number of phenolic OH excluding ortho intramolecular Hbond substituents is 1. The Morgan fingerprint density at radius 2 is 1.72 bits per heavy atom. The summed E-state index contributed by atoms with van der Waals surface area (Å²) in [5.74, 6) is -0.407. The lowest BCUT2D eigenvalue weighted by Gasteiger charge is -2.13. The summed E-state index contributed by atoms with van der Waals surface area (Å²) < 4.78 is 42.8. The van der Waals surface area contributed by atoms with Crippen LogP contribution in [0.2, 0.25) is 0 Å². The molecule has 0 amide bonds. The van der Waals surface area contributed by atoms with E-state index in [0.717, 1.165) is 12.1 Å². The van der Waals surface area contributed by atoms with Gasteiger partial charge in [-0.05, 0) is 54.8 Å². The topological polar surface area (TPSA) is 46.5 Å². The van der Waals surface area contributed by atoms with Gasteiger partial charge in [0.25, 0.3) is 0 Å². The molecule has 0 saturated carbocycles. The molecule has 0 heterocycles. The van der Waals surface area contributed by atoms with Gasteiger partial charge < -0.3 is 9.84 Å². The summed E-state index contributed by atoms with van der Waals surface area (Å²) in [5, 5.41) is 10.2. The van der Waals surface area contributed by atoms with Crippen molar-refractivity contribution in [3.05, 3.63) is 64.2 Å². The number of carbonyl (C=O) groups excluding carboxylic acids is 1. The van der Waals surface area contributed by atoms with Gasteiger partial charge >= 0.3 is 6.18 Å². The number of ether oxygens (including phenoxy) is 1. The lowest BCUT2D eigenvalue weighted by molar-refractivity contribution is -0.137. The van der Waals surface area contributed by atoms with Crippen LogP contribution in [0.25, 0.3) is 6.08 Å². The molecule has 2 aromatic rings. The van der Waals surface area contributed by atoms with Crippen molar-refractivity contribution >= 4 is 11.9 Å². The number of benzene rings is 2. The van der Waals surface area contributed by atoms with Crippen molar-refractivity contribution in [3.8, 4) is 11.5 Å². The highest BCUT2D eigenvalue weighted by Crippen LogP contribution is 2.35. The SMILES string of the molecule is COc1c(C)cc(C)c(O)c1C(=O)/C=C/c1ccc(C(F)(F)F)cc1. The van der Waals surface area contributed by atoms with Crippen molar-refractivity contribution in [2.45, 2.75) is 20.0 Å². The molecule has 0 unspecified atom stereocenters. The average Bonchev–Trinajstić information content (AvgIpc) is 2.55. The maximum atomic E-state index is 12.5. The highest BCUT2D eigenvalue weighted by molar-refractivity contribution is 6.11. The molecule has 0 bridgehead atoms. The fourth-order valence-electron chi connectivity index (χ4n) is 2.49. The van der Waals surface area contributed by atoms with Crippen LogP contribution >= 0.6 is 0 Å². The zero-order chi connectivity index (χ0) is 18.8. The van der Waals surface area contributed by atoms with Crippen LogP contribution in [0.5, 0.6) is 11.5 Å². The number of halogens is 3. The normalized spacial score (nSPS) is 11.8. The Hall–Kier alpha value is -2.76. The van der Waals surface area contributed by atoms with Crippen LogP contribution < -0.4 is 4.74 Å². The molecule has 0 radical (unpaired) electrons. The lowest BCUT2D eigenvalue weighted by Crippen LogP contribution is -2.04. The molecule has 25 heavy (non-hydrogen) atoms. The van der Waals surface area contributed by atoms with Gasteiger partial charge in [-0.3, -0.25) is 4.79 Å². The molecule has 0 saturated heterocycles. The van der Waals surface area contributed by atoms with Gasteiger partial charge in [0.2, 0.25) is 0 Å². The van der Waals surface area contributed by atoms with Gasteiger partial charge in [0, 0.05) is 0 Å². The molecule has 6 heteroatoms. The van der Waals surface area contributed by atoms with E-state index in [4.69, 9.17) is 4.74 Å². The average molecular weight is 350 g/mol. The second kappa shape index (κ2) is 7.01. The van der Waals surface area contributed by atoms with Crippen LogP contribution in [0.4, 0.5) is 13.2 Å². The summed E-state index contributed by atoms with van der Waals surface area (Å²) in [4.78, 5) is 12.4. The standard InChI is InChI=1S/C19H17F3O3/c1-11-10-12(2)18(25-3)16(17(11)24)15(23)9-6-13-4-7-14(8-5-13)19(20,21)22/h4-10,24H,1-3H3/b9-6+.